The Morgan fingerprint density at radius 2 is 1.60 bits per heavy atom. The van der Waals surface area contributed by atoms with Crippen LogP contribution in [0, 0.1) is 0 Å². The van der Waals surface area contributed by atoms with Gasteiger partial charge in [0.15, 0.2) is 0 Å². The number of aromatic nitrogens is 1. The molecule has 3 aromatic rings. The third-order valence-electron chi connectivity index (χ3n) is 4.57. The Morgan fingerprint density at radius 3 is 2.17 bits per heavy atom. The number of hydrogen-bond acceptors (Lipinski definition) is 3. The number of carbonyl (C=O) groups is 1. The van der Waals surface area contributed by atoms with E-state index in [1.807, 2.05) is 0 Å². The van der Waals surface area contributed by atoms with Crippen molar-refractivity contribution in [1.29, 1.82) is 0 Å². The van der Waals surface area contributed by atoms with Crippen molar-refractivity contribution < 1.29 is 44.3 Å². The standard InChI is InChI=1S/C20H9Br2F9N2OS/c21-12-7-11(17(23,18(22,24)25)19(26,27)28)8-14(35-20(29,30)31)15(12)33-16(34)10-4-3-9-2-1-5-32-13(9)6-10/h1-8H,(H,33,34). The second kappa shape index (κ2) is 9.47. The van der Waals surface area contributed by atoms with Crippen molar-refractivity contribution in [2.75, 3.05) is 5.32 Å². The first-order chi connectivity index (χ1) is 15.9. The fourth-order valence-electron chi connectivity index (χ4n) is 2.99. The average Bonchev–Trinajstić information content (AvgIpc) is 2.72. The molecule has 35 heavy (non-hydrogen) atoms. The summed E-state index contributed by atoms with van der Waals surface area (Å²) in [5.74, 6) is -0.983. The van der Waals surface area contributed by atoms with Gasteiger partial charge in [0.2, 0.25) is 0 Å². The monoisotopic (exact) mass is 654 g/mol. The lowest BCUT2D eigenvalue weighted by molar-refractivity contribution is -0.282. The van der Waals surface area contributed by atoms with Crippen LogP contribution in [0.15, 0.2) is 58.0 Å². The number of hydrogen-bond donors (Lipinski definition) is 1. The Kier molecular flexibility index (Phi) is 7.46. The second-order valence-electron chi connectivity index (χ2n) is 6.90. The quantitative estimate of drug-likeness (QED) is 0.170. The fourth-order valence-corrected chi connectivity index (χ4v) is 4.83. The van der Waals surface area contributed by atoms with Gasteiger partial charge in [-0.2, -0.15) is 35.1 Å². The van der Waals surface area contributed by atoms with Crippen molar-refractivity contribution in [3.63, 3.8) is 0 Å². The number of nitrogens with zero attached hydrogens (tertiary/aromatic N) is 1. The average molecular weight is 656 g/mol. The number of halogens is 11. The van der Waals surface area contributed by atoms with Crippen LogP contribution < -0.4 is 5.32 Å². The van der Waals surface area contributed by atoms with Crippen molar-refractivity contribution in [2.24, 2.45) is 0 Å². The summed E-state index contributed by atoms with van der Waals surface area (Å²) in [6.07, 6.45) is -4.79. The molecule has 1 atom stereocenters. The van der Waals surface area contributed by atoms with Crippen LogP contribution in [0.25, 0.3) is 10.9 Å². The number of thioether (sulfide) groups is 1. The predicted molar refractivity (Wildman–Crippen MR) is 118 cm³/mol. The van der Waals surface area contributed by atoms with E-state index in [9.17, 15) is 44.3 Å². The number of carbonyl (C=O) groups excluding carboxylic acids is 1. The minimum atomic E-state index is -6.22. The maximum absolute atomic E-state index is 14.8. The molecule has 0 aliphatic carbocycles. The van der Waals surface area contributed by atoms with Gasteiger partial charge in [-0.25, -0.2) is 4.39 Å². The van der Waals surface area contributed by atoms with Crippen molar-refractivity contribution in [2.45, 2.75) is 27.1 Å². The molecule has 2 aromatic carbocycles. The number of benzene rings is 2. The normalized spacial score (nSPS) is 14.6. The van der Waals surface area contributed by atoms with E-state index >= 15 is 0 Å². The zero-order valence-electron chi connectivity index (χ0n) is 16.5. The zero-order chi connectivity index (χ0) is 26.4. The molecule has 1 unspecified atom stereocenters. The molecule has 1 aromatic heterocycles. The molecule has 15 heteroatoms. The van der Waals surface area contributed by atoms with Crippen LogP contribution in [-0.2, 0) is 5.67 Å². The highest BCUT2D eigenvalue weighted by Crippen LogP contribution is 2.57. The van der Waals surface area contributed by atoms with E-state index in [4.69, 9.17) is 0 Å². The molecule has 0 spiro atoms. The molecule has 1 amide bonds. The molecule has 0 saturated heterocycles. The molecule has 3 nitrogen and oxygen atoms in total. The number of alkyl halides is 10. The molecule has 0 saturated carbocycles. The zero-order valence-corrected chi connectivity index (χ0v) is 20.5. The van der Waals surface area contributed by atoms with E-state index in [0.717, 1.165) is 0 Å². The first-order valence-corrected chi connectivity index (χ1v) is 11.4. The maximum atomic E-state index is 14.8. The van der Waals surface area contributed by atoms with E-state index in [1.54, 1.807) is 12.1 Å². The highest BCUT2D eigenvalue weighted by molar-refractivity contribution is 9.10. The van der Waals surface area contributed by atoms with E-state index in [-0.39, 0.29) is 17.7 Å². The Bertz CT molecular complexity index is 1260. The fraction of sp³-hybridized carbons (Fsp3) is 0.200. The van der Waals surface area contributed by atoms with Crippen LogP contribution in [0.5, 0.6) is 0 Å². The van der Waals surface area contributed by atoms with Gasteiger partial charge in [0.1, 0.15) is 0 Å². The number of anilines is 1. The number of rotatable bonds is 5. The smallest absolute Gasteiger partial charge is 0.320 e. The Hall–Kier alpha value is -2.00. The molecule has 3 rings (SSSR count). The molecule has 0 aliphatic rings. The largest absolute Gasteiger partial charge is 0.446 e. The number of fused-ring (bicyclic) bond motifs is 1. The van der Waals surface area contributed by atoms with Gasteiger partial charge in [-0.1, -0.05) is 12.1 Å². The molecule has 0 aliphatic heterocycles. The van der Waals surface area contributed by atoms with Crippen LogP contribution in [0.3, 0.4) is 0 Å². The Labute approximate surface area is 211 Å². The van der Waals surface area contributed by atoms with E-state index in [0.29, 0.717) is 10.9 Å². The summed E-state index contributed by atoms with van der Waals surface area (Å²) in [5.41, 5.74) is -12.7. The number of nitrogens with one attached hydrogen (secondary N) is 1. The topological polar surface area (TPSA) is 42.0 Å². The minimum Gasteiger partial charge on any atom is -0.320 e. The van der Waals surface area contributed by atoms with E-state index in [2.05, 4.69) is 26.2 Å². The summed E-state index contributed by atoms with van der Waals surface area (Å²) in [7, 11) is 0. The van der Waals surface area contributed by atoms with Gasteiger partial charge in [0.25, 0.3) is 5.91 Å². The summed E-state index contributed by atoms with van der Waals surface area (Å²) in [6.45, 7) is 0. The molecule has 0 bridgehead atoms. The summed E-state index contributed by atoms with van der Waals surface area (Å²) < 4.78 is 121. The van der Waals surface area contributed by atoms with Crippen LogP contribution in [-0.4, -0.2) is 27.4 Å². The lowest BCUT2D eigenvalue weighted by Gasteiger charge is -2.32. The lowest BCUT2D eigenvalue weighted by atomic mass is 9.95. The van der Waals surface area contributed by atoms with Gasteiger partial charge < -0.3 is 5.32 Å². The summed E-state index contributed by atoms with van der Waals surface area (Å²) in [4.78, 5) is 10.3. The SMILES string of the molecule is O=C(Nc1c(Br)cc(C(F)(C(F)(F)F)C(F)(F)Br)cc1SC(F)(F)F)c1ccc2cccnc2c1. The van der Waals surface area contributed by atoms with Gasteiger partial charge in [-0.15, -0.1) is 0 Å². The maximum Gasteiger partial charge on any atom is 0.446 e. The van der Waals surface area contributed by atoms with E-state index in [1.165, 1.54) is 40.3 Å². The summed E-state index contributed by atoms with van der Waals surface area (Å²) in [6, 6.07) is 7.62. The molecule has 1 N–H and O–H groups in total. The first-order valence-electron chi connectivity index (χ1n) is 9.02. The molecule has 0 fully saturated rings. The third-order valence-corrected chi connectivity index (χ3v) is 6.51. The third kappa shape index (κ3) is 5.71. The van der Waals surface area contributed by atoms with Crippen LogP contribution >= 0.6 is 43.6 Å². The molecule has 0 radical (unpaired) electrons. The molecular formula is C20H9Br2F9N2OS. The minimum absolute atomic E-state index is 0.0386. The van der Waals surface area contributed by atoms with Gasteiger partial charge >= 0.3 is 22.2 Å². The summed E-state index contributed by atoms with van der Waals surface area (Å²) in [5, 5.41) is 2.74. The van der Waals surface area contributed by atoms with Gasteiger partial charge in [-0.3, -0.25) is 9.78 Å². The number of amides is 1. The van der Waals surface area contributed by atoms with Crippen molar-refractivity contribution in [1.82, 2.24) is 4.98 Å². The van der Waals surface area contributed by atoms with Crippen LogP contribution in [0.4, 0.5) is 45.2 Å². The summed E-state index contributed by atoms with van der Waals surface area (Å²) >= 11 is 3.00. The van der Waals surface area contributed by atoms with Crippen molar-refractivity contribution >= 4 is 66.1 Å². The van der Waals surface area contributed by atoms with Crippen molar-refractivity contribution in [3.05, 3.63) is 64.3 Å². The predicted octanol–water partition coefficient (Wildman–Crippen LogP) is 8.58. The van der Waals surface area contributed by atoms with Gasteiger partial charge in [0.05, 0.1) is 11.2 Å². The van der Waals surface area contributed by atoms with Gasteiger partial charge in [0, 0.05) is 32.1 Å². The molecule has 1 heterocycles. The Balaban J connectivity index is 2.12. The Morgan fingerprint density at radius 1 is 0.943 bits per heavy atom. The molecule has 188 valence electrons. The highest BCUT2D eigenvalue weighted by atomic mass is 79.9. The van der Waals surface area contributed by atoms with E-state index < -0.39 is 60.5 Å². The first kappa shape index (κ1) is 27.6. The highest BCUT2D eigenvalue weighted by Gasteiger charge is 2.71. The van der Waals surface area contributed by atoms with Crippen LogP contribution in [0.1, 0.15) is 15.9 Å². The second-order valence-corrected chi connectivity index (χ2v) is 9.86. The molecular weight excluding hydrogens is 647 g/mol. The lowest BCUT2D eigenvalue weighted by Crippen LogP contribution is -2.49. The van der Waals surface area contributed by atoms with Crippen LogP contribution in [0.2, 0.25) is 0 Å². The van der Waals surface area contributed by atoms with Gasteiger partial charge in [-0.05, 0) is 74.0 Å². The number of pyridine rings is 1. The van der Waals surface area contributed by atoms with Crippen molar-refractivity contribution in [3.8, 4) is 0 Å².